The fourth-order valence-electron chi connectivity index (χ4n) is 4.18. The Morgan fingerprint density at radius 1 is 0.914 bits per heavy atom. The largest absolute Gasteiger partial charge is 0.334 e. The summed E-state index contributed by atoms with van der Waals surface area (Å²) in [7, 11) is 0. The highest BCUT2D eigenvalue weighted by Gasteiger charge is 2.36. The summed E-state index contributed by atoms with van der Waals surface area (Å²) in [5.74, 6) is -0.359. The molecule has 1 unspecified atom stereocenters. The first-order chi connectivity index (χ1) is 16.8. The SMILES string of the molecule is CC1=C(c2nc(-c3ccc(F)cc3)no2)C(c2cccc(F)c2)NC(=O)N1c1ccc(C)c(C)c1. The Morgan fingerprint density at radius 2 is 1.69 bits per heavy atom. The van der Waals surface area contributed by atoms with Crippen LogP contribution >= 0.6 is 0 Å². The lowest BCUT2D eigenvalue weighted by molar-refractivity contribution is 0.244. The Bertz CT molecular complexity index is 1460. The van der Waals surface area contributed by atoms with Crippen LogP contribution < -0.4 is 10.2 Å². The molecule has 1 aliphatic rings. The number of hydrogen-bond donors (Lipinski definition) is 1. The van der Waals surface area contributed by atoms with Crippen molar-refractivity contribution in [2.75, 3.05) is 4.90 Å². The van der Waals surface area contributed by atoms with Gasteiger partial charge in [-0.05, 0) is 86.0 Å². The molecule has 8 heteroatoms. The number of allylic oxidation sites excluding steroid dienone is 1. The van der Waals surface area contributed by atoms with Gasteiger partial charge in [-0.3, -0.25) is 4.90 Å². The van der Waals surface area contributed by atoms with Gasteiger partial charge >= 0.3 is 6.03 Å². The molecule has 1 atom stereocenters. The normalized spacial score (nSPS) is 16.0. The maximum Gasteiger partial charge on any atom is 0.326 e. The van der Waals surface area contributed by atoms with Crippen molar-refractivity contribution in [2.45, 2.75) is 26.8 Å². The first-order valence-electron chi connectivity index (χ1n) is 11.1. The van der Waals surface area contributed by atoms with Crippen LogP contribution in [-0.2, 0) is 0 Å². The van der Waals surface area contributed by atoms with E-state index >= 15 is 0 Å². The van der Waals surface area contributed by atoms with Crippen LogP contribution in [0.15, 0.2) is 77.0 Å². The number of hydrogen-bond acceptors (Lipinski definition) is 4. The Balaban J connectivity index is 1.66. The predicted molar refractivity (Wildman–Crippen MR) is 128 cm³/mol. The van der Waals surface area contributed by atoms with Gasteiger partial charge in [-0.15, -0.1) is 0 Å². The van der Waals surface area contributed by atoms with E-state index in [4.69, 9.17) is 4.52 Å². The average molecular weight is 472 g/mol. The molecule has 3 aromatic carbocycles. The molecule has 0 bridgehead atoms. The van der Waals surface area contributed by atoms with Gasteiger partial charge in [0.25, 0.3) is 5.89 Å². The average Bonchev–Trinajstić information content (AvgIpc) is 3.31. The molecule has 2 heterocycles. The predicted octanol–water partition coefficient (Wildman–Crippen LogP) is 6.33. The molecule has 176 valence electrons. The second-order valence-electron chi connectivity index (χ2n) is 8.47. The zero-order chi connectivity index (χ0) is 24.7. The quantitative estimate of drug-likeness (QED) is 0.377. The van der Waals surface area contributed by atoms with Crippen molar-refractivity contribution in [3.05, 3.63) is 107 Å². The monoisotopic (exact) mass is 472 g/mol. The fourth-order valence-corrected chi connectivity index (χ4v) is 4.18. The third-order valence-corrected chi connectivity index (χ3v) is 6.17. The minimum absolute atomic E-state index is 0.171. The summed E-state index contributed by atoms with van der Waals surface area (Å²) in [6, 6.07) is 16.4. The van der Waals surface area contributed by atoms with Crippen molar-refractivity contribution in [1.29, 1.82) is 0 Å². The van der Waals surface area contributed by atoms with Crippen molar-refractivity contribution >= 4 is 17.3 Å². The highest BCUT2D eigenvalue weighted by Crippen LogP contribution is 2.39. The Kier molecular flexibility index (Phi) is 5.64. The lowest BCUT2D eigenvalue weighted by atomic mass is 9.94. The molecule has 1 N–H and O–H groups in total. The van der Waals surface area contributed by atoms with Crippen LogP contribution in [0.1, 0.15) is 35.5 Å². The molecule has 6 nitrogen and oxygen atoms in total. The van der Waals surface area contributed by atoms with Crippen LogP contribution in [0.25, 0.3) is 17.0 Å². The van der Waals surface area contributed by atoms with E-state index in [0.29, 0.717) is 28.1 Å². The van der Waals surface area contributed by atoms with E-state index in [0.717, 1.165) is 11.1 Å². The number of aromatic nitrogens is 2. The van der Waals surface area contributed by atoms with E-state index in [2.05, 4.69) is 15.5 Å². The van der Waals surface area contributed by atoms with E-state index in [1.165, 1.54) is 24.3 Å². The zero-order valence-corrected chi connectivity index (χ0v) is 19.3. The Morgan fingerprint density at radius 3 is 2.40 bits per heavy atom. The van der Waals surface area contributed by atoms with Gasteiger partial charge in [0.1, 0.15) is 11.6 Å². The van der Waals surface area contributed by atoms with Crippen molar-refractivity contribution in [2.24, 2.45) is 0 Å². The number of rotatable bonds is 4. The molecule has 1 aliphatic heterocycles. The second kappa shape index (κ2) is 8.79. The summed E-state index contributed by atoms with van der Waals surface area (Å²) in [5.41, 5.74) is 5.04. The van der Waals surface area contributed by atoms with Gasteiger partial charge in [0.05, 0.1) is 17.3 Å². The third-order valence-electron chi connectivity index (χ3n) is 6.17. The summed E-state index contributed by atoms with van der Waals surface area (Å²) in [4.78, 5) is 19.4. The molecule has 0 saturated carbocycles. The molecule has 1 aromatic heterocycles. The lowest BCUT2D eigenvalue weighted by Crippen LogP contribution is -2.46. The number of urea groups is 1. The van der Waals surface area contributed by atoms with Gasteiger partial charge in [0.15, 0.2) is 0 Å². The van der Waals surface area contributed by atoms with Crippen LogP contribution in [0.3, 0.4) is 0 Å². The Hall–Kier alpha value is -4.33. The second-order valence-corrected chi connectivity index (χ2v) is 8.47. The number of aryl methyl sites for hydroxylation is 2. The van der Waals surface area contributed by atoms with Gasteiger partial charge in [-0.25, -0.2) is 13.6 Å². The molecular formula is C27H22F2N4O2. The summed E-state index contributed by atoms with van der Waals surface area (Å²) in [5, 5.41) is 7.03. The minimum atomic E-state index is -0.720. The number of benzene rings is 3. The van der Waals surface area contributed by atoms with Gasteiger partial charge in [-0.2, -0.15) is 4.98 Å². The van der Waals surface area contributed by atoms with Crippen LogP contribution in [0.2, 0.25) is 0 Å². The van der Waals surface area contributed by atoms with Crippen LogP contribution in [0, 0.1) is 25.5 Å². The maximum atomic E-state index is 14.1. The molecular weight excluding hydrogens is 450 g/mol. The molecule has 4 aromatic rings. The van der Waals surface area contributed by atoms with Crippen LogP contribution in [0.5, 0.6) is 0 Å². The number of carbonyl (C=O) groups is 1. The molecule has 35 heavy (non-hydrogen) atoms. The van der Waals surface area contributed by atoms with Crippen LogP contribution in [-0.4, -0.2) is 16.2 Å². The first kappa shape index (κ1) is 22.5. The van der Waals surface area contributed by atoms with Gasteiger partial charge in [-0.1, -0.05) is 23.4 Å². The highest BCUT2D eigenvalue weighted by molar-refractivity contribution is 6.01. The first-order valence-corrected chi connectivity index (χ1v) is 11.1. The number of anilines is 1. The molecule has 0 saturated heterocycles. The molecule has 0 spiro atoms. The molecule has 2 amide bonds. The van der Waals surface area contributed by atoms with Crippen molar-refractivity contribution in [3.63, 3.8) is 0 Å². The number of nitrogens with one attached hydrogen (secondary N) is 1. The topological polar surface area (TPSA) is 71.3 Å². The van der Waals surface area contributed by atoms with E-state index in [1.807, 2.05) is 32.0 Å². The highest BCUT2D eigenvalue weighted by atomic mass is 19.1. The van der Waals surface area contributed by atoms with Gasteiger partial charge in [0.2, 0.25) is 5.82 Å². The molecule has 0 radical (unpaired) electrons. The van der Waals surface area contributed by atoms with Gasteiger partial charge < -0.3 is 9.84 Å². The maximum absolute atomic E-state index is 14.1. The molecule has 0 aliphatic carbocycles. The number of nitrogens with zero attached hydrogens (tertiary/aromatic N) is 3. The van der Waals surface area contributed by atoms with E-state index < -0.39 is 11.9 Å². The smallest absolute Gasteiger partial charge is 0.326 e. The number of amides is 2. The fraction of sp³-hybridized carbons (Fsp3) is 0.148. The Labute approximate surface area is 200 Å². The number of halogens is 2. The summed E-state index contributed by atoms with van der Waals surface area (Å²) < 4.78 is 33.1. The molecule has 5 rings (SSSR count). The lowest BCUT2D eigenvalue weighted by Gasteiger charge is -2.35. The van der Waals surface area contributed by atoms with Crippen LogP contribution in [0.4, 0.5) is 19.3 Å². The molecule has 0 fully saturated rings. The van der Waals surface area contributed by atoms with Gasteiger partial charge in [0, 0.05) is 11.3 Å². The van der Waals surface area contributed by atoms with Crippen molar-refractivity contribution in [3.8, 4) is 11.4 Å². The van der Waals surface area contributed by atoms with E-state index in [9.17, 15) is 13.6 Å². The van der Waals surface area contributed by atoms with Crippen molar-refractivity contribution in [1.82, 2.24) is 15.5 Å². The standard InChI is InChI=1S/C27H22F2N4O2/c1-15-7-12-22(13-16(15)2)33-17(3)23(24(30-27(33)34)19-5-4-6-21(29)14-19)26-31-25(32-35-26)18-8-10-20(28)11-9-18/h4-14,24H,1-3H3,(H,30,34). The van der Waals surface area contributed by atoms with E-state index in [1.54, 1.807) is 36.1 Å². The third kappa shape index (κ3) is 4.19. The summed E-state index contributed by atoms with van der Waals surface area (Å²) >= 11 is 0. The number of carbonyl (C=O) groups excluding carboxylic acids is 1. The zero-order valence-electron chi connectivity index (χ0n) is 19.3. The minimum Gasteiger partial charge on any atom is -0.334 e. The van der Waals surface area contributed by atoms with Crippen molar-refractivity contribution < 1.29 is 18.1 Å². The van der Waals surface area contributed by atoms with E-state index in [-0.39, 0.29) is 23.6 Å². The summed E-state index contributed by atoms with van der Waals surface area (Å²) in [6.07, 6.45) is 0. The summed E-state index contributed by atoms with van der Waals surface area (Å²) in [6.45, 7) is 5.76.